The van der Waals surface area contributed by atoms with Gasteiger partial charge in [0.1, 0.15) is 12.3 Å². The number of nitrogens with zero attached hydrogens (tertiary/aromatic N) is 3. The zero-order valence-corrected chi connectivity index (χ0v) is 23.0. The number of hydrogen-bond acceptors (Lipinski definition) is 5. The molecule has 2 amide bonds. The van der Waals surface area contributed by atoms with E-state index in [0.717, 1.165) is 68.3 Å². The van der Waals surface area contributed by atoms with E-state index in [1.807, 2.05) is 36.4 Å². The second-order valence-corrected chi connectivity index (χ2v) is 10.1. The second-order valence-electron chi connectivity index (χ2n) is 9.66. The largest absolute Gasteiger partial charge is 0.357 e. The summed E-state index contributed by atoms with van der Waals surface area (Å²) < 4.78 is 0. The van der Waals surface area contributed by atoms with Gasteiger partial charge in [0.2, 0.25) is 5.91 Å². The molecule has 3 rings (SSSR count). The van der Waals surface area contributed by atoms with E-state index in [9.17, 15) is 19.6 Å². The number of amides is 2. The van der Waals surface area contributed by atoms with Crippen LogP contribution in [0, 0.1) is 11.3 Å². The number of aldehydes is 1. The molecule has 0 saturated heterocycles. The highest BCUT2D eigenvalue weighted by molar-refractivity contribution is 6.30. The molecule has 1 heterocycles. The zero-order chi connectivity index (χ0) is 27.5. The highest BCUT2D eigenvalue weighted by atomic mass is 35.5. The number of carbonyl (C=O) groups excluding carboxylic acids is 3. The van der Waals surface area contributed by atoms with E-state index >= 15 is 0 Å². The lowest BCUT2D eigenvalue weighted by Gasteiger charge is -2.26. The van der Waals surface area contributed by atoms with Crippen molar-refractivity contribution in [3.05, 3.63) is 69.7 Å². The maximum absolute atomic E-state index is 13.1. The van der Waals surface area contributed by atoms with Crippen molar-refractivity contribution in [2.45, 2.75) is 64.0 Å². The number of nitriles is 1. The lowest BCUT2D eigenvalue weighted by Crippen LogP contribution is -2.46. The lowest BCUT2D eigenvalue weighted by atomic mass is 9.97. The van der Waals surface area contributed by atoms with E-state index < -0.39 is 6.04 Å². The van der Waals surface area contributed by atoms with Crippen LogP contribution in [0.5, 0.6) is 0 Å². The minimum Gasteiger partial charge on any atom is -0.357 e. The predicted octanol–water partition coefficient (Wildman–Crippen LogP) is 4.73. The molecule has 0 spiro atoms. The van der Waals surface area contributed by atoms with Gasteiger partial charge in [0, 0.05) is 30.6 Å². The van der Waals surface area contributed by atoms with E-state index in [1.165, 1.54) is 0 Å². The normalized spacial score (nSPS) is 14.2. The molecule has 0 aliphatic carbocycles. The number of fused-ring (bicyclic) bond motifs is 1. The van der Waals surface area contributed by atoms with Crippen LogP contribution < -0.4 is 5.32 Å². The summed E-state index contributed by atoms with van der Waals surface area (Å²) in [7, 11) is 1.55. The second kappa shape index (κ2) is 14.7. The summed E-state index contributed by atoms with van der Waals surface area (Å²) in [4.78, 5) is 40.5. The van der Waals surface area contributed by atoms with Crippen molar-refractivity contribution in [1.82, 2.24) is 15.1 Å². The molecule has 1 aliphatic rings. The molecule has 1 aliphatic heterocycles. The number of aryl methyl sites for hydroxylation is 1. The molecule has 0 aromatic heterocycles. The van der Waals surface area contributed by atoms with Gasteiger partial charge in [-0.25, -0.2) is 0 Å². The number of carbonyl (C=O) groups is 3. The third-order valence-electron chi connectivity index (χ3n) is 7.36. The number of benzene rings is 2. The van der Waals surface area contributed by atoms with Crippen LogP contribution in [0.3, 0.4) is 0 Å². The molecule has 1 N–H and O–H groups in total. The maximum atomic E-state index is 13.1. The molecular formula is C30H37ClN4O3. The van der Waals surface area contributed by atoms with Crippen LogP contribution in [0.4, 0.5) is 0 Å². The molecule has 0 fully saturated rings. The van der Waals surface area contributed by atoms with E-state index in [-0.39, 0.29) is 24.2 Å². The fraction of sp³-hybridized carbons (Fsp3) is 0.467. The number of rotatable bonds is 15. The van der Waals surface area contributed by atoms with E-state index in [0.29, 0.717) is 23.6 Å². The first-order chi connectivity index (χ1) is 18.4. The third-order valence-corrected chi connectivity index (χ3v) is 7.61. The Labute approximate surface area is 230 Å². The highest BCUT2D eigenvalue weighted by Crippen LogP contribution is 2.30. The molecule has 8 heteroatoms. The van der Waals surface area contributed by atoms with Gasteiger partial charge in [0.15, 0.2) is 0 Å². The lowest BCUT2D eigenvalue weighted by molar-refractivity contribution is -0.125. The summed E-state index contributed by atoms with van der Waals surface area (Å²) in [5.74, 6) is -0.547. The quantitative estimate of drug-likeness (QED) is 0.262. The number of halogens is 1. The summed E-state index contributed by atoms with van der Waals surface area (Å²) in [5.41, 5.74) is 3.78. The predicted molar refractivity (Wildman–Crippen MR) is 149 cm³/mol. The smallest absolute Gasteiger partial charge is 0.255 e. The number of nitrogens with one attached hydrogen (secondary N) is 1. The van der Waals surface area contributed by atoms with E-state index in [1.54, 1.807) is 11.9 Å². The third kappa shape index (κ3) is 7.43. The van der Waals surface area contributed by atoms with Crippen LogP contribution in [0.2, 0.25) is 5.02 Å². The molecule has 2 aromatic carbocycles. The van der Waals surface area contributed by atoms with Crippen LogP contribution in [-0.2, 0) is 22.6 Å². The van der Waals surface area contributed by atoms with Gasteiger partial charge in [-0.3, -0.25) is 9.59 Å². The van der Waals surface area contributed by atoms with Gasteiger partial charge >= 0.3 is 0 Å². The first-order valence-electron chi connectivity index (χ1n) is 13.4. The zero-order valence-electron chi connectivity index (χ0n) is 22.3. The SMILES string of the molecule is CCN(CCCCc1cccc2c1CN(C(CCC=O)C(=O)NC)C2=O)CCC(C#N)c1ccc(Cl)cc1. The molecule has 202 valence electrons. The highest BCUT2D eigenvalue weighted by Gasteiger charge is 2.36. The van der Waals surface area contributed by atoms with E-state index in [4.69, 9.17) is 11.6 Å². The van der Waals surface area contributed by atoms with Crippen LogP contribution in [-0.4, -0.2) is 60.6 Å². The maximum Gasteiger partial charge on any atom is 0.255 e. The topological polar surface area (TPSA) is 93.5 Å². The van der Waals surface area contributed by atoms with Crippen molar-refractivity contribution < 1.29 is 14.4 Å². The molecule has 0 bridgehead atoms. The minimum atomic E-state index is -0.652. The van der Waals surface area contributed by atoms with Gasteiger partial charge in [0.25, 0.3) is 5.91 Å². The van der Waals surface area contributed by atoms with Gasteiger partial charge in [-0.1, -0.05) is 42.8 Å². The molecule has 0 saturated carbocycles. The first kappa shape index (κ1) is 29.3. The Balaban J connectivity index is 1.54. The molecule has 38 heavy (non-hydrogen) atoms. The Morgan fingerprint density at radius 3 is 2.61 bits per heavy atom. The number of likely N-dealkylation sites (N-methyl/N-ethyl adjacent to an activating group) is 1. The molecule has 2 unspecified atom stereocenters. The Kier molecular flexibility index (Phi) is 11.3. The van der Waals surface area contributed by atoms with Crippen LogP contribution in [0.25, 0.3) is 0 Å². The average molecular weight is 537 g/mol. The summed E-state index contributed by atoms with van der Waals surface area (Å²) in [6.07, 6.45) is 4.94. The fourth-order valence-electron chi connectivity index (χ4n) is 5.12. The van der Waals surface area contributed by atoms with Gasteiger partial charge in [0.05, 0.1) is 12.0 Å². The Morgan fingerprint density at radius 2 is 1.95 bits per heavy atom. The van der Waals surface area contributed by atoms with Gasteiger partial charge in [-0.05, 0) is 86.6 Å². The molecule has 2 aromatic rings. The van der Waals surface area contributed by atoms with Crippen molar-refractivity contribution in [2.24, 2.45) is 0 Å². The van der Waals surface area contributed by atoms with Crippen molar-refractivity contribution in [1.29, 1.82) is 5.26 Å². The van der Waals surface area contributed by atoms with Crippen LogP contribution >= 0.6 is 11.6 Å². The molecule has 2 atom stereocenters. The molecule has 7 nitrogen and oxygen atoms in total. The Hall–Kier alpha value is -3.21. The number of unbranched alkanes of at least 4 members (excludes halogenated alkanes) is 1. The Bertz CT molecular complexity index is 1150. The standard InChI is InChI=1S/C30H37ClN4O3/c1-3-34(18-16-24(20-32)22-12-14-25(31)15-13-22)17-5-4-8-23-9-6-10-26-27(23)21-35(30(26)38)28(11-7-19-36)29(37)33-2/h6,9-10,12-15,19,24,28H,3-5,7-8,11,16-18,21H2,1-2H3,(H,33,37). The van der Waals surface area contributed by atoms with Crippen molar-refractivity contribution in [3.8, 4) is 6.07 Å². The van der Waals surface area contributed by atoms with Crippen LogP contribution in [0.15, 0.2) is 42.5 Å². The van der Waals surface area contributed by atoms with Crippen molar-refractivity contribution >= 4 is 29.7 Å². The summed E-state index contributed by atoms with van der Waals surface area (Å²) in [6.45, 7) is 5.25. The summed E-state index contributed by atoms with van der Waals surface area (Å²) in [6, 6.07) is 15.1. The van der Waals surface area contributed by atoms with E-state index in [2.05, 4.69) is 29.3 Å². The van der Waals surface area contributed by atoms with Gasteiger partial charge in [-0.2, -0.15) is 5.26 Å². The summed E-state index contributed by atoms with van der Waals surface area (Å²) in [5, 5.41) is 12.9. The van der Waals surface area contributed by atoms with Gasteiger partial charge in [-0.15, -0.1) is 0 Å². The van der Waals surface area contributed by atoms with Crippen molar-refractivity contribution in [3.63, 3.8) is 0 Å². The molecular weight excluding hydrogens is 500 g/mol. The molecule has 0 radical (unpaired) electrons. The van der Waals surface area contributed by atoms with Crippen LogP contribution in [0.1, 0.15) is 72.0 Å². The van der Waals surface area contributed by atoms with Gasteiger partial charge < -0.3 is 19.9 Å². The Morgan fingerprint density at radius 1 is 1.18 bits per heavy atom. The number of hydrogen-bond donors (Lipinski definition) is 1. The summed E-state index contributed by atoms with van der Waals surface area (Å²) >= 11 is 5.98. The first-order valence-corrected chi connectivity index (χ1v) is 13.8. The minimum absolute atomic E-state index is 0.147. The fourth-order valence-corrected chi connectivity index (χ4v) is 5.24. The van der Waals surface area contributed by atoms with Crippen molar-refractivity contribution in [2.75, 3.05) is 26.7 Å². The average Bonchev–Trinajstić information content (AvgIpc) is 3.27. The monoisotopic (exact) mass is 536 g/mol.